The van der Waals surface area contributed by atoms with E-state index in [1.165, 1.54) is 6.39 Å². The Morgan fingerprint density at radius 3 is 2.65 bits per heavy atom. The predicted molar refractivity (Wildman–Crippen MR) is 78.0 cm³/mol. The van der Waals surface area contributed by atoms with Crippen molar-refractivity contribution in [2.75, 3.05) is 5.32 Å². The lowest BCUT2D eigenvalue weighted by molar-refractivity contribution is -0.118. The summed E-state index contributed by atoms with van der Waals surface area (Å²) in [5.74, 6) is 0.689. The predicted octanol–water partition coefficient (Wildman–Crippen LogP) is 2.65. The molecule has 2 aromatic rings. The van der Waals surface area contributed by atoms with Gasteiger partial charge < -0.3 is 15.5 Å². The molecule has 20 heavy (non-hydrogen) atoms. The largest absolute Gasteiger partial charge is 0.444 e. The Balaban J connectivity index is 2.02. The standard InChI is InChI=1S/C15H19N3O2/c1-3-10(2)14(16)15(19)18-12-6-4-11(5-7-12)13-8-17-9-20-13/h4-10,14H,3,16H2,1-2H3,(H,18,19)/t10-,14-/m0/s1. The van der Waals surface area contributed by atoms with Crippen LogP contribution in [0.15, 0.2) is 41.3 Å². The highest BCUT2D eigenvalue weighted by Crippen LogP contribution is 2.21. The first-order chi connectivity index (χ1) is 9.61. The van der Waals surface area contributed by atoms with Crippen molar-refractivity contribution in [1.29, 1.82) is 0 Å². The molecule has 5 heteroatoms. The minimum atomic E-state index is -0.492. The van der Waals surface area contributed by atoms with Crippen LogP contribution in [0.3, 0.4) is 0 Å². The summed E-state index contributed by atoms with van der Waals surface area (Å²) < 4.78 is 5.21. The molecular weight excluding hydrogens is 254 g/mol. The fourth-order valence-electron chi connectivity index (χ4n) is 1.81. The number of hydrogen-bond donors (Lipinski definition) is 2. The Morgan fingerprint density at radius 2 is 2.10 bits per heavy atom. The van der Waals surface area contributed by atoms with Crippen molar-refractivity contribution in [3.8, 4) is 11.3 Å². The van der Waals surface area contributed by atoms with Crippen molar-refractivity contribution in [3.05, 3.63) is 36.9 Å². The lowest BCUT2D eigenvalue weighted by Crippen LogP contribution is -2.40. The normalized spacial score (nSPS) is 13.8. The number of hydrogen-bond acceptors (Lipinski definition) is 4. The van der Waals surface area contributed by atoms with Gasteiger partial charge in [0.15, 0.2) is 12.2 Å². The first kappa shape index (κ1) is 14.3. The molecule has 0 aliphatic heterocycles. The van der Waals surface area contributed by atoms with Crippen LogP contribution >= 0.6 is 0 Å². The van der Waals surface area contributed by atoms with Crippen molar-refractivity contribution >= 4 is 11.6 Å². The van der Waals surface area contributed by atoms with E-state index in [1.807, 2.05) is 38.1 Å². The molecule has 1 amide bonds. The van der Waals surface area contributed by atoms with E-state index < -0.39 is 6.04 Å². The molecular formula is C15H19N3O2. The van der Waals surface area contributed by atoms with Crippen LogP contribution < -0.4 is 11.1 Å². The number of nitrogens with one attached hydrogen (secondary N) is 1. The van der Waals surface area contributed by atoms with Crippen LogP contribution in [0.1, 0.15) is 20.3 Å². The van der Waals surface area contributed by atoms with Gasteiger partial charge in [-0.25, -0.2) is 4.98 Å². The van der Waals surface area contributed by atoms with E-state index in [2.05, 4.69) is 10.3 Å². The van der Waals surface area contributed by atoms with E-state index in [0.717, 1.165) is 17.7 Å². The zero-order valence-electron chi connectivity index (χ0n) is 11.7. The number of rotatable bonds is 5. The fraction of sp³-hybridized carbons (Fsp3) is 0.333. The minimum absolute atomic E-state index is 0.156. The Bertz CT molecular complexity index is 549. The summed E-state index contributed by atoms with van der Waals surface area (Å²) in [4.78, 5) is 15.8. The molecule has 106 valence electrons. The Labute approximate surface area is 118 Å². The van der Waals surface area contributed by atoms with Crippen molar-refractivity contribution in [1.82, 2.24) is 4.98 Å². The van der Waals surface area contributed by atoms with Gasteiger partial charge in [0.05, 0.1) is 12.2 Å². The highest BCUT2D eigenvalue weighted by Gasteiger charge is 2.19. The van der Waals surface area contributed by atoms with Gasteiger partial charge in [-0.1, -0.05) is 20.3 Å². The van der Waals surface area contributed by atoms with Gasteiger partial charge in [0.25, 0.3) is 0 Å². The van der Waals surface area contributed by atoms with Crippen LogP contribution in [0.5, 0.6) is 0 Å². The second-order valence-electron chi connectivity index (χ2n) is 4.84. The molecule has 0 saturated heterocycles. The zero-order chi connectivity index (χ0) is 14.5. The molecule has 0 radical (unpaired) electrons. The molecule has 1 heterocycles. The van der Waals surface area contributed by atoms with Crippen LogP contribution in [0.25, 0.3) is 11.3 Å². The molecule has 0 aliphatic carbocycles. The number of benzene rings is 1. The zero-order valence-corrected chi connectivity index (χ0v) is 11.7. The van der Waals surface area contributed by atoms with Gasteiger partial charge in [-0.3, -0.25) is 4.79 Å². The summed E-state index contributed by atoms with van der Waals surface area (Å²) in [5, 5.41) is 2.82. The third-order valence-corrected chi connectivity index (χ3v) is 3.43. The SMILES string of the molecule is CC[C@H](C)[C@H](N)C(=O)Nc1ccc(-c2cnco2)cc1. The van der Waals surface area contributed by atoms with Crippen molar-refractivity contribution in [2.24, 2.45) is 11.7 Å². The van der Waals surface area contributed by atoms with Gasteiger partial charge in [0.2, 0.25) is 5.91 Å². The molecule has 1 aromatic heterocycles. The van der Waals surface area contributed by atoms with Crippen LogP contribution in [-0.4, -0.2) is 16.9 Å². The van der Waals surface area contributed by atoms with Crippen LogP contribution in [0.2, 0.25) is 0 Å². The van der Waals surface area contributed by atoms with E-state index >= 15 is 0 Å². The van der Waals surface area contributed by atoms with Crippen LogP contribution in [-0.2, 0) is 4.79 Å². The van der Waals surface area contributed by atoms with Crippen molar-refractivity contribution in [2.45, 2.75) is 26.3 Å². The molecule has 2 atom stereocenters. The molecule has 0 unspecified atom stereocenters. The van der Waals surface area contributed by atoms with Crippen molar-refractivity contribution in [3.63, 3.8) is 0 Å². The summed E-state index contributed by atoms with van der Waals surface area (Å²) in [6.45, 7) is 3.99. The highest BCUT2D eigenvalue weighted by atomic mass is 16.3. The molecule has 2 rings (SSSR count). The summed E-state index contributed by atoms with van der Waals surface area (Å²) in [7, 11) is 0. The van der Waals surface area contributed by atoms with Gasteiger partial charge >= 0.3 is 0 Å². The molecule has 3 N–H and O–H groups in total. The van der Waals surface area contributed by atoms with E-state index in [9.17, 15) is 4.79 Å². The molecule has 0 bridgehead atoms. The number of carbonyl (C=O) groups is 1. The number of carbonyl (C=O) groups excluding carboxylic acids is 1. The van der Waals surface area contributed by atoms with Crippen molar-refractivity contribution < 1.29 is 9.21 Å². The average molecular weight is 273 g/mol. The fourth-order valence-corrected chi connectivity index (χ4v) is 1.81. The molecule has 0 spiro atoms. The minimum Gasteiger partial charge on any atom is -0.444 e. The summed E-state index contributed by atoms with van der Waals surface area (Å²) in [5.41, 5.74) is 7.52. The second kappa shape index (κ2) is 6.34. The maximum atomic E-state index is 12.0. The van der Waals surface area contributed by atoms with E-state index in [1.54, 1.807) is 6.20 Å². The quantitative estimate of drug-likeness (QED) is 0.877. The summed E-state index contributed by atoms with van der Waals surface area (Å²) in [6.07, 6.45) is 3.90. The smallest absolute Gasteiger partial charge is 0.241 e. The van der Waals surface area contributed by atoms with Crippen LogP contribution in [0.4, 0.5) is 5.69 Å². The highest BCUT2D eigenvalue weighted by molar-refractivity contribution is 5.95. The second-order valence-corrected chi connectivity index (χ2v) is 4.84. The lowest BCUT2D eigenvalue weighted by Gasteiger charge is -2.17. The Hall–Kier alpha value is -2.14. The molecule has 0 saturated carbocycles. The molecule has 0 aliphatic rings. The molecule has 0 fully saturated rings. The summed E-state index contributed by atoms with van der Waals surface area (Å²) in [6, 6.07) is 6.88. The third-order valence-electron chi connectivity index (χ3n) is 3.43. The van der Waals surface area contributed by atoms with Gasteiger partial charge in [0, 0.05) is 11.3 Å². The number of anilines is 1. The van der Waals surface area contributed by atoms with E-state index in [-0.39, 0.29) is 11.8 Å². The number of nitrogens with zero attached hydrogens (tertiary/aromatic N) is 1. The van der Waals surface area contributed by atoms with Gasteiger partial charge in [-0.05, 0) is 30.2 Å². The Kier molecular flexibility index (Phi) is 4.53. The third kappa shape index (κ3) is 3.24. The van der Waals surface area contributed by atoms with Gasteiger partial charge in [0.1, 0.15) is 0 Å². The monoisotopic (exact) mass is 273 g/mol. The maximum absolute atomic E-state index is 12.0. The number of oxazole rings is 1. The number of nitrogens with two attached hydrogens (primary N) is 1. The average Bonchev–Trinajstić information content (AvgIpc) is 3.00. The first-order valence-corrected chi connectivity index (χ1v) is 6.67. The summed E-state index contributed by atoms with van der Waals surface area (Å²) >= 11 is 0. The van der Waals surface area contributed by atoms with Gasteiger partial charge in [-0.2, -0.15) is 0 Å². The van der Waals surface area contributed by atoms with E-state index in [0.29, 0.717) is 5.76 Å². The number of aromatic nitrogens is 1. The first-order valence-electron chi connectivity index (χ1n) is 6.67. The van der Waals surface area contributed by atoms with E-state index in [4.69, 9.17) is 10.2 Å². The Morgan fingerprint density at radius 1 is 1.40 bits per heavy atom. The lowest BCUT2D eigenvalue weighted by atomic mass is 9.99. The number of amides is 1. The van der Waals surface area contributed by atoms with Gasteiger partial charge in [-0.15, -0.1) is 0 Å². The maximum Gasteiger partial charge on any atom is 0.241 e. The topological polar surface area (TPSA) is 81.2 Å². The molecule has 5 nitrogen and oxygen atoms in total. The molecule has 1 aromatic carbocycles. The van der Waals surface area contributed by atoms with Crippen LogP contribution in [0, 0.1) is 5.92 Å².